The van der Waals surface area contributed by atoms with Crippen molar-refractivity contribution in [2.24, 2.45) is 5.92 Å². The summed E-state index contributed by atoms with van der Waals surface area (Å²) in [6.07, 6.45) is 4.82. The van der Waals surface area contributed by atoms with Crippen LogP contribution in [0.15, 0.2) is 6.20 Å². The van der Waals surface area contributed by atoms with Crippen LogP contribution >= 0.6 is 11.8 Å². The quantitative estimate of drug-likeness (QED) is 0.861. The number of aryl methyl sites for hydroxylation is 1. The predicted molar refractivity (Wildman–Crippen MR) is 69.8 cm³/mol. The van der Waals surface area contributed by atoms with E-state index in [1.54, 1.807) is 6.20 Å². The first kappa shape index (κ1) is 12.5. The van der Waals surface area contributed by atoms with Crippen LogP contribution in [0, 0.1) is 12.8 Å². The maximum atomic E-state index is 11.8. The number of H-pyrrole nitrogens is 1. The summed E-state index contributed by atoms with van der Waals surface area (Å²) in [6.45, 7) is 2.55. The van der Waals surface area contributed by atoms with Crippen molar-refractivity contribution < 1.29 is 4.79 Å². The molecule has 17 heavy (non-hydrogen) atoms. The van der Waals surface area contributed by atoms with Gasteiger partial charge in [0.15, 0.2) is 0 Å². The van der Waals surface area contributed by atoms with Gasteiger partial charge in [-0.05, 0) is 37.2 Å². The van der Waals surface area contributed by atoms with Gasteiger partial charge in [0.05, 0.1) is 6.20 Å². The molecule has 0 radical (unpaired) electrons. The van der Waals surface area contributed by atoms with Gasteiger partial charge < -0.3 is 5.32 Å². The van der Waals surface area contributed by atoms with Crippen LogP contribution in [0.3, 0.4) is 0 Å². The van der Waals surface area contributed by atoms with Gasteiger partial charge in [-0.3, -0.25) is 9.89 Å². The van der Waals surface area contributed by atoms with Crippen LogP contribution < -0.4 is 5.32 Å². The van der Waals surface area contributed by atoms with Gasteiger partial charge in [0.25, 0.3) is 0 Å². The van der Waals surface area contributed by atoms with E-state index in [1.807, 2.05) is 18.7 Å². The van der Waals surface area contributed by atoms with Crippen molar-refractivity contribution in [3.63, 3.8) is 0 Å². The minimum atomic E-state index is 0.169. The van der Waals surface area contributed by atoms with Crippen LogP contribution in [-0.2, 0) is 11.3 Å². The van der Waals surface area contributed by atoms with E-state index >= 15 is 0 Å². The van der Waals surface area contributed by atoms with Crippen molar-refractivity contribution in [3.05, 3.63) is 17.5 Å². The molecule has 4 nitrogen and oxygen atoms in total. The summed E-state index contributed by atoms with van der Waals surface area (Å²) in [5.74, 6) is 3.17. The maximum absolute atomic E-state index is 11.8. The smallest absolute Gasteiger partial charge is 0.220 e. The van der Waals surface area contributed by atoms with Gasteiger partial charge in [-0.2, -0.15) is 16.9 Å². The summed E-state index contributed by atoms with van der Waals surface area (Å²) in [7, 11) is 0. The Bertz CT molecular complexity index is 372. The first-order chi connectivity index (χ1) is 8.25. The van der Waals surface area contributed by atoms with Crippen molar-refractivity contribution in [2.45, 2.75) is 32.7 Å². The molecule has 0 aromatic carbocycles. The molecule has 1 aromatic rings. The van der Waals surface area contributed by atoms with Crippen LogP contribution in [0.4, 0.5) is 0 Å². The molecule has 0 aliphatic carbocycles. The summed E-state index contributed by atoms with van der Waals surface area (Å²) in [4.78, 5) is 11.8. The monoisotopic (exact) mass is 253 g/mol. The molecular formula is C12H19N3OS. The minimum absolute atomic E-state index is 0.169. The standard InChI is InChI=1S/C12H19N3OS/c1-9-11(8-14-15-9)7-13-12(16)6-10-2-4-17-5-3-10/h8,10H,2-7H2,1H3,(H,13,16)(H,14,15). The second-order valence-corrected chi connectivity index (χ2v) is 5.78. The summed E-state index contributed by atoms with van der Waals surface area (Å²) in [5.41, 5.74) is 2.09. The molecule has 1 aromatic heterocycles. The van der Waals surface area contributed by atoms with Crippen molar-refractivity contribution in [2.75, 3.05) is 11.5 Å². The third kappa shape index (κ3) is 3.77. The number of amides is 1. The van der Waals surface area contributed by atoms with Crippen molar-refractivity contribution >= 4 is 17.7 Å². The van der Waals surface area contributed by atoms with Gasteiger partial charge in [-0.25, -0.2) is 0 Å². The SMILES string of the molecule is Cc1[nH]ncc1CNC(=O)CC1CCSCC1. The van der Waals surface area contributed by atoms with Crippen LogP contribution in [0.2, 0.25) is 0 Å². The van der Waals surface area contributed by atoms with Gasteiger partial charge >= 0.3 is 0 Å². The average Bonchev–Trinajstić information content (AvgIpc) is 2.74. The van der Waals surface area contributed by atoms with E-state index in [2.05, 4.69) is 15.5 Å². The molecule has 94 valence electrons. The molecule has 0 spiro atoms. The third-order valence-corrected chi connectivity index (χ3v) is 4.27. The van der Waals surface area contributed by atoms with Crippen LogP contribution in [0.25, 0.3) is 0 Å². The number of aromatic nitrogens is 2. The second-order valence-electron chi connectivity index (χ2n) is 4.56. The number of nitrogens with one attached hydrogen (secondary N) is 2. The van der Waals surface area contributed by atoms with Crippen molar-refractivity contribution in [3.8, 4) is 0 Å². The lowest BCUT2D eigenvalue weighted by molar-refractivity contribution is -0.122. The van der Waals surface area contributed by atoms with Gasteiger partial charge in [-0.15, -0.1) is 0 Å². The molecule has 0 unspecified atom stereocenters. The number of hydrogen-bond acceptors (Lipinski definition) is 3. The third-order valence-electron chi connectivity index (χ3n) is 3.23. The van der Waals surface area contributed by atoms with Gasteiger partial charge in [0.2, 0.25) is 5.91 Å². The lowest BCUT2D eigenvalue weighted by atomic mass is 9.98. The Morgan fingerprint density at radius 1 is 1.59 bits per heavy atom. The fraction of sp³-hybridized carbons (Fsp3) is 0.667. The minimum Gasteiger partial charge on any atom is -0.352 e. The van der Waals surface area contributed by atoms with Crippen LogP contribution in [-0.4, -0.2) is 27.6 Å². The molecule has 0 bridgehead atoms. The molecule has 2 N–H and O–H groups in total. The molecule has 2 rings (SSSR count). The van der Waals surface area contributed by atoms with Crippen molar-refractivity contribution in [1.29, 1.82) is 0 Å². The Balaban J connectivity index is 1.72. The Kier molecular flexibility index (Phi) is 4.48. The number of nitrogens with zero attached hydrogens (tertiary/aromatic N) is 1. The molecule has 1 amide bonds. The molecule has 0 atom stereocenters. The average molecular weight is 253 g/mol. The highest BCUT2D eigenvalue weighted by Gasteiger charge is 2.17. The molecule has 0 saturated carbocycles. The van der Waals surface area contributed by atoms with E-state index in [9.17, 15) is 4.79 Å². The fourth-order valence-electron chi connectivity index (χ4n) is 2.03. The van der Waals surface area contributed by atoms with E-state index < -0.39 is 0 Å². The Hall–Kier alpha value is -0.970. The number of rotatable bonds is 4. The highest BCUT2D eigenvalue weighted by atomic mass is 32.2. The van der Waals surface area contributed by atoms with E-state index in [0.29, 0.717) is 18.9 Å². The molecule has 5 heteroatoms. The number of hydrogen-bond donors (Lipinski definition) is 2. The van der Waals surface area contributed by atoms with Gasteiger partial charge in [-0.1, -0.05) is 0 Å². The summed E-state index contributed by atoms with van der Waals surface area (Å²) in [5, 5.41) is 9.77. The summed E-state index contributed by atoms with van der Waals surface area (Å²) >= 11 is 1.99. The largest absolute Gasteiger partial charge is 0.352 e. The first-order valence-corrected chi connectivity index (χ1v) is 7.24. The summed E-state index contributed by atoms with van der Waals surface area (Å²) in [6, 6.07) is 0. The molecule has 1 aliphatic heterocycles. The summed E-state index contributed by atoms with van der Waals surface area (Å²) < 4.78 is 0. The first-order valence-electron chi connectivity index (χ1n) is 6.09. The van der Waals surface area contributed by atoms with E-state index in [4.69, 9.17) is 0 Å². The number of thioether (sulfide) groups is 1. The molecule has 1 saturated heterocycles. The lowest BCUT2D eigenvalue weighted by Gasteiger charge is -2.20. The molecule has 1 aliphatic rings. The predicted octanol–water partition coefficient (Wildman–Crippen LogP) is 1.87. The second kappa shape index (κ2) is 6.10. The fourth-order valence-corrected chi connectivity index (χ4v) is 3.24. The van der Waals surface area contributed by atoms with Gasteiger partial charge in [0, 0.05) is 24.2 Å². The Morgan fingerprint density at radius 2 is 2.35 bits per heavy atom. The van der Waals surface area contributed by atoms with E-state index in [1.165, 1.54) is 24.3 Å². The Morgan fingerprint density at radius 3 is 3.00 bits per heavy atom. The lowest BCUT2D eigenvalue weighted by Crippen LogP contribution is -2.26. The highest BCUT2D eigenvalue weighted by molar-refractivity contribution is 7.99. The highest BCUT2D eigenvalue weighted by Crippen LogP contribution is 2.25. The number of carbonyl (C=O) groups excluding carboxylic acids is 1. The van der Waals surface area contributed by atoms with Gasteiger partial charge in [0.1, 0.15) is 0 Å². The number of carbonyl (C=O) groups is 1. The topological polar surface area (TPSA) is 57.8 Å². The van der Waals surface area contributed by atoms with Crippen molar-refractivity contribution in [1.82, 2.24) is 15.5 Å². The van der Waals surface area contributed by atoms with Crippen LogP contribution in [0.5, 0.6) is 0 Å². The zero-order valence-corrected chi connectivity index (χ0v) is 11.0. The zero-order chi connectivity index (χ0) is 12.1. The van der Waals surface area contributed by atoms with E-state index in [-0.39, 0.29) is 5.91 Å². The number of aromatic amines is 1. The Labute approximate surface area is 106 Å². The van der Waals surface area contributed by atoms with E-state index in [0.717, 1.165) is 11.3 Å². The molecule has 2 heterocycles. The maximum Gasteiger partial charge on any atom is 0.220 e. The van der Waals surface area contributed by atoms with Crippen LogP contribution in [0.1, 0.15) is 30.5 Å². The normalized spacial score (nSPS) is 17.0. The zero-order valence-electron chi connectivity index (χ0n) is 10.2. The molecule has 1 fully saturated rings. The molecular weight excluding hydrogens is 234 g/mol.